The summed E-state index contributed by atoms with van der Waals surface area (Å²) in [4.78, 5) is 16.4. The molecule has 1 aromatic rings. The van der Waals surface area contributed by atoms with Gasteiger partial charge in [0, 0.05) is 19.3 Å². The highest BCUT2D eigenvalue weighted by molar-refractivity contribution is 7.89. The molecule has 0 bridgehead atoms. The minimum Gasteiger partial charge on any atom is -0.390 e. The predicted molar refractivity (Wildman–Crippen MR) is 107 cm³/mol. The first-order valence-electron chi connectivity index (χ1n) is 9.57. The number of pyridine rings is 1. The Labute approximate surface area is 167 Å². The fraction of sp³-hybridized carbons (Fsp3) is 0.684. The third kappa shape index (κ3) is 5.73. The van der Waals surface area contributed by atoms with Crippen molar-refractivity contribution < 1.29 is 18.3 Å². The highest BCUT2D eigenvalue weighted by Gasteiger charge is 2.41. The van der Waals surface area contributed by atoms with Gasteiger partial charge in [0.25, 0.3) is 10.0 Å². The van der Waals surface area contributed by atoms with Gasteiger partial charge in [-0.25, -0.2) is 13.4 Å². The molecule has 2 heterocycles. The molecule has 1 amide bonds. The monoisotopic (exact) mass is 412 g/mol. The highest BCUT2D eigenvalue weighted by Crippen LogP contribution is 2.31. The van der Waals surface area contributed by atoms with Crippen LogP contribution < -0.4 is 11.1 Å². The maximum atomic E-state index is 13.0. The third-order valence-electron chi connectivity index (χ3n) is 4.86. The molecule has 0 saturated carbocycles. The Hall–Kier alpha value is -1.55. The van der Waals surface area contributed by atoms with Crippen molar-refractivity contribution in [3.05, 3.63) is 24.4 Å². The summed E-state index contributed by atoms with van der Waals surface area (Å²) in [6.07, 6.45) is 1.35. The standard InChI is InChI=1S/C19H32N4O4S/c1-13(2)9-14(20)18(25)22-15-10-19(3,4)12-23(11-16(15)24)28(26,27)17-7-5-6-8-21-17/h5-8,13-16,24H,9-12,20H2,1-4H3,(H,22,25)/t14-,15?,16?/m0/s1. The van der Waals surface area contributed by atoms with E-state index >= 15 is 0 Å². The number of amides is 1. The maximum absolute atomic E-state index is 13.0. The van der Waals surface area contributed by atoms with Crippen LogP contribution >= 0.6 is 0 Å². The number of nitrogens with one attached hydrogen (secondary N) is 1. The lowest BCUT2D eigenvalue weighted by molar-refractivity contribution is -0.124. The normalized spacial score (nSPS) is 24.5. The number of aromatic nitrogens is 1. The van der Waals surface area contributed by atoms with Crippen LogP contribution in [0.2, 0.25) is 0 Å². The summed E-state index contributed by atoms with van der Waals surface area (Å²) in [6.45, 7) is 7.90. The lowest BCUT2D eigenvalue weighted by atomic mass is 9.85. The molecule has 0 spiro atoms. The third-order valence-corrected chi connectivity index (χ3v) is 6.59. The van der Waals surface area contributed by atoms with Crippen molar-refractivity contribution in [2.75, 3.05) is 13.1 Å². The molecule has 0 radical (unpaired) electrons. The van der Waals surface area contributed by atoms with Crippen molar-refractivity contribution in [3.63, 3.8) is 0 Å². The summed E-state index contributed by atoms with van der Waals surface area (Å²) >= 11 is 0. The summed E-state index contributed by atoms with van der Waals surface area (Å²) in [5.41, 5.74) is 5.49. The zero-order valence-corrected chi connectivity index (χ0v) is 17.8. The number of nitrogens with two attached hydrogens (primary N) is 1. The van der Waals surface area contributed by atoms with E-state index in [1.54, 1.807) is 12.1 Å². The molecule has 28 heavy (non-hydrogen) atoms. The summed E-state index contributed by atoms with van der Waals surface area (Å²) < 4.78 is 27.2. The molecule has 1 aliphatic heterocycles. The van der Waals surface area contributed by atoms with Crippen molar-refractivity contribution in [3.8, 4) is 0 Å². The fourth-order valence-corrected chi connectivity index (χ4v) is 5.12. The summed E-state index contributed by atoms with van der Waals surface area (Å²) in [5, 5.41) is 13.5. The van der Waals surface area contributed by atoms with Gasteiger partial charge in [-0.2, -0.15) is 4.31 Å². The Morgan fingerprint density at radius 3 is 2.68 bits per heavy atom. The summed E-state index contributed by atoms with van der Waals surface area (Å²) in [7, 11) is -3.85. The van der Waals surface area contributed by atoms with E-state index in [1.165, 1.54) is 16.6 Å². The van der Waals surface area contributed by atoms with Gasteiger partial charge in [0.15, 0.2) is 5.03 Å². The molecular weight excluding hydrogens is 380 g/mol. The first-order valence-corrected chi connectivity index (χ1v) is 11.0. The number of nitrogens with zero attached hydrogens (tertiary/aromatic N) is 2. The molecule has 4 N–H and O–H groups in total. The van der Waals surface area contributed by atoms with Gasteiger partial charge in [-0.15, -0.1) is 0 Å². The molecule has 1 fully saturated rings. The number of β-amino-alcohol motifs (C(OH)–C–C–N with tert-alkyl or cyclic N) is 1. The number of carbonyl (C=O) groups excluding carboxylic acids is 1. The van der Waals surface area contributed by atoms with E-state index in [0.29, 0.717) is 12.8 Å². The average Bonchev–Trinajstić information content (AvgIpc) is 2.71. The largest absolute Gasteiger partial charge is 0.390 e. The van der Waals surface area contributed by atoms with Crippen LogP contribution in [-0.2, 0) is 14.8 Å². The fourth-order valence-electron chi connectivity index (χ4n) is 3.54. The summed E-state index contributed by atoms with van der Waals surface area (Å²) in [6, 6.07) is 3.45. The van der Waals surface area contributed by atoms with E-state index in [9.17, 15) is 18.3 Å². The van der Waals surface area contributed by atoms with E-state index in [2.05, 4.69) is 10.3 Å². The van der Waals surface area contributed by atoms with Gasteiger partial charge in [-0.1, -0.05) is 33.8 Å². The molecule has 1 aromatic heterocycles. The van der Waals surface area contributed by atoms with Crippen LogP contribution in [0.25, 0.3) is 0 Å². The van der Waals surface area contributed by atoms with Crippen molar-refractivity contribution in [1.29, 1.82) is 0 Å². The average molecular weight is 413 g/mol. The molecular formula is C19H32N4O4S. The van der Waals surface area contributed by atoms with Crippen LogP contribution in [-0.4, -0.2) is 60.0 Å². The number of hydrogen-bond donors (Lipinski definition) is 3. The van der Waals surface area contributed by atoms with Gasteiger partial charge in [0.05, 0.1) is 18.2 Å². The van der Waals surface area contributed by atoms with Gasteiger partial charge in [0.2, 0.25) is 5.91 Å². The van der Waals surface area contributed by atoms with E-state index in [1.807, 2.05) is 27.7 Å². The Morgan fingerprint density at radius 2 is 2.11 bits per heavy atom. The van der Waals surface area contributed by atoms with Crippen LogP contribution in [0.5, 0.6) is 0 Å². The molecule has 1 saturated heterocycles. The Morgan fingerprint density at radius 1 is 1.43 bits per heavy atom. The molecule has 3 atom stereocenters. The molecule has 8 nitrogen and oxygen atoms in total. The Kier molecular flexibility index (Phi) is 7.19. The van der Waals surface area contributed by atoms with Crippen LogP contribution in [0.15, 0.2) is 29.4 Å². The lowest BCUT2D eigenvalue weighted by Crippen LogP contribution is -2.52. The molecule has 2 unspecified atom stereocenters. The van der Waals surface area contributed by atoms with Crippen molar-refractivity contribution in [2.24, 2.45) is 17.1 Å². The smallest absolute Gasteiger partial charge is 0.260 e. The molecule has 0 aliphatic carbocycles. The van der Waals surface area contributed by atoms with Gasteiger partial charge in [0.1, 0.15) is 0 Å². The van der Waals surface area contributed by atoms with E-state index in [4.69, 9.17) is 5.73 Å². The lowest BCUT2D eigenvalue weighted by Gasteiger charge is -2.30. The van der Waals surface area contributed by atoms with E-state index in [-0.39, 0.29) is 29.9 Å². The van der Waals surface area contributed by atoms with Crippen LogP contribution in [0.3, 0.4) is 0 Å². The maximum Gasteiger partial charge on any atom is 0.260 e. The number of aliphatic hydroxyl groups is 1. The molecule has 2 rings (SSSR count). The zero-order chi connectivity index (χ0) is 21.1. The molecule has 1 aliphatic rings. The van der Waals surface area contributed by atoms with Gasteiger partial charge in [-0.3, -0.25) is 4.79 Å². The van der Waals surface area contributed by atoms with Crippen molar-refractivity contribution in [2.45, 2.75) is 63.8 Å². The number of carbonyl (C=O) groups is 1. The second kappa shape index (κ2) is 8.86. The number of rotatable bonds is 6. The zero-order valence-electron chi connectivity index (χ0n) is 17.0. The second-order valence-electron chi connectivity index (χ2n) is 8.75. The second-order valence-corrected chi connectivity index (χ2v) is 10.6. The van der Waals surface area contributed by atoms with Gasteiger partial charge in [-0.05, 0) is 36.3 Å². The quantitative estimate of drug-likeness (QED) is 0.632. The minimum absolute atomic E-state index is 0.0561. The SMILES string of the molecule is CC(C)C[C@H](N)C(=O)NC1CC(C)(C)CN(S(=O)(=O)c2ccccn2)CC1O. The topological polar surface area (TPSA) is 126 Å². The van der Waals surface area contributed by atoms with Crippen molar-refractivity contribution >= 4 is 15.9 Å². The van der Waals surface area contributed by atoms with Gasteiger partial charge < -0.3 is 16.2 Å². The van der Waals surface area contributed by atoms with Crippen LogP contribution in [0.4, 0.5) is 0 Å². The Bertz CT molecular complexity index is 767. The molecule has 0 aromatic carbocycles. The predicted octanol–water partition coefficient (Wildman–Crippen LogP) is 0.721. The van der Waals surface area contributed by atoms with Gasteiger partial charge >= 0.3 is 0 Å². The van der Waals surface area contributed by atoms with Crippen molar-refractivity contribution in [1.82, 2.24) is 14.6 Å². The summed E-state index contributed by atoms with van der Waals surface area (Å²) in [5.74, 6) is -0.0511. The molecule has 9 heteroatoms. The van der Waals surface area contributed by atoms with Crippen LogP contribution in [0, 0.1) is 11.3 Å². The first-order chi connectivity index (χ1) is 12.9. The highest BCUT2D eigenvalue weighted by atomic mass is 32.2. The first kappa shape index (κ1) is 22.7. The minimum atomic E-state index is -3.85. The molecule has 158 valence electrons. The van der Waals surface area contributed by atoms with Crippen LogP contribution in [0.1, 0.15) is 40.5 Å². The van der Waals surface area contributed by atoms with E-state index in [0.717, 1.165) is 0 Å². The van der Waals surface area contributed by atoms with E-state index < -0.39 is 33.6 Å². The number of aliphatic hydroxyl groups excluding tert-OH is 1. The number of hydrogen-bond acceptors (Lipinski definition) is 6. The Balaban J connectivity index is 2.20. The number of sulfonamides is 1.